The van der Waals surface area contributed by atoms with Gasteiger partial charge < -0.3 is 9.57 Å². The molecular formula is C20H19F3N2O3. The number of carbonyl (C=O) groups is 1. The number of alkyl halides is 3. The van der Waals surface area contributed by atoms with Crippen LogP contribution in [0.25, 0.3) is 0 Å². The Morgan fingerprint density at radius 2 is 1.86 bits per heavy atom. The topological polar surface area (TPSA) is 60.8 Å². The minimum atomic E-state index is -4.35. The molecule has 0 radical (unpaired) electrons. The van der Waals surface area contributed by atoms with Crippen molar-refractivity contribution in [2.75, 3.05) is 6.61 Å². The smallest absolute Gasteiger partial charge is 0.416 e. The molecule has 0 spiro atoms. The molecule has 1 aliphatic carbocycles. The Bertz CT molecular complexity index is 814. The van der Waals surface area contributed by atoms with Crippen LogP contribution in [0.1, 0.15) is 29.5 Å². The number of nitrogens with zero attached hydrogens (tertiary/aromatic N) is 2. The summed E-state index contributed by atoms with van der Waals surface area (Å²) in [4.78, 5) is 20.8. The Labute approximate surface area is 160 Å². The van der Waals surface area contributed by atoms with Gasteiger partial charge in [-0.25, -0.2) is 4.98 Å². The van der Waals surface area contributed by atoms with Gasteiger partial charge in [0.1, 0.15) is 13.2 Å². The van der Waals surface area contributed by atoms with E-state index in [0.717, 1.165) is 30.5 Å². The van der Waals surface area contributed by atoms with Gasteiger partial charge in [0.2, 0.25) is 5.88 Å². The Kier molecular flexibility index (Phi) is 6.28. The lowest BCUT2D eigenvalue weighted by molar-refractivity contribution is -0.137. The van der Waals surface area contributed by atoms with Gasteiger partial charge in [-0.3, -0.25) is 4.79 Å². The van der Waals surface area contributed by atoms with Crippen LogP contribution in [0.3, 0.4) is 0 Å². The van der Waals surface area contributed by atoms with Crippen LogP contribution >= 0.6 is 0 Å². The van der Waals surface area contributed by atoms with Crippen molar-refractivity contribution in [2.45, 2.75) is 32.0 Å². The molecule has 5 nitrogen and oxygen atoms in total. The van der Waals surface area contributed by atoms with Gasteiger partial charge >= 0.3 is 6.18 Å². The number of ether oxygens (including phenoxy) is 1. The third-order valence-electron chi connectivity index (χ3n) is 4.18. The molecule has 0 amide bonds. The molecule has 148 valence electrons. The summed E-state index contributed by atoms with van der Waals surface area (Å²) in [5.41, 5.74) is 0.772. The van der Waals surface area contributed by atoms with Gasteiger partial charge in [-0.1, -0.05) is 23.4 Å². The van der Waals surface area contributed by atoms with Crippen LogP contribution in [0.4, 0.5) is 13.2 Å². The SMILES string of the molecule is O=C(COc1ccc(CC=NOCc2ccc(C(F)(F)F)cc2)cn1)C1CC1. The van der Waals surface area contributed by atoms with Crippen LogP contribution in [0.15, 0.2) is 47.8 Å². The first-order valence-electron chi connectivity index (χ1n) is 8.82. The third-order valence-corrected chi connectivity index (χ3v) is 4.18. The highest BCUT2D eigenvalue weighted by molar-refractivity contribution is 5.84. The van der Waals surface area contributed by atoms with E-state index < -0.39 is 11.7 Å². The molecule has 1 aromatic carbocycles. The summed E-state index contributed by atoms with van der Waals surface area (Å²) in [5, 5.41) is 3.79. The van der Waals surface area contributed by atoms with Crippen LogP contribution in [-0.4, -0.2) is 23.6 Å². The van der Waals surface area contributed by atoms with Crippen molar-refractivity contribution in [3.8, 4) is 5.88 Å². The van der Waals surface area contributed by atoms with Crippen LogP contribution in [-0.2, 0) is 28.8 Å². The Morgan fingerprint density at radius 3 is 2.46 bits per heavy atom. The van der Waals surface area contributed by atoms with E-state index in [4.69, 9.17) is 9.57 Å². The summed E-state index contributed by atoms with van der Waals surface area (Å²) in [6.45, 7) is 0.130. The maximum atomic E-state index is 12.5. The molecule has 0 unspecified atom stereocenters. The van der Waals surface area contributed by atoms with Crippen molar-refractivity contribution < 1.29 is 27.5 Å². The molecule has 8 heteroatoms. The van der Waals surface area contributed by atoms with Gasteiger partial charge in [0.05, 0.1) is 5.56 Å². The molecule has 0 atom stereocenters. The molecule has 1 aliphatic rings. The van der Waals surface area contributed by atoms with Gasteiger partial charge in [0.25, 0.3) is 0 Å². The van der Waals surface area contributed by atoms with Crippen molar-refractivity contribution in [1.29, 1.82) is 0 Å². The van der Waals surface area contributed by atoms with Crippen LogP contribution in [0.5, 0.6) is 5.88 Å². The molecule has 0 aliphatic heterocycles. The van der Waals surface area contributed by atoms with E-state index in [0.29, 0.717) is 17.9 Å². The average molecular weight is 392 g/mol. The molecule has 1 saturated carbocycles. The number of rotatable bonds is 9. The lowest BCUT2D eigenvalue weighted by atomic mass is 10.1. The van der Waals surface area contributed by atoms with Crippen molar-refractivity contribution in [1.82, 2.24) is 4.98 Å². The standard InChI is InChI=1S/C20H19F3N2O3/c21-20(22,23)17-6-1-15(2-7-17)12-28-25-10-9-14-3-8-19(24-11-14)27-13-18(26)16-4-5-16/h1-3,6-8,10-11,16H,4-5,9,12-13H2. The third kappa shape index (κ3) is 6.07. The molecular weight excluding hydrogens is 373 g/mol. The summed E-state index contributed by atoms with van der Waals surface area (Å²) in [7, 11) is 0. The number of ketones is 1. The first-order chi connectivity index (χ1) is 13.4. The fourth-order valence-electron chi connectivity index (χ4n) is 2.38. The maximum absolute atomic E-state index is 12.5. The maximum Gasteiger partial charge on any atom is 0.416 e. The number of hydrogen-bond donors (Lipinski definition) is 0. The van der Waals surface area contributed by atoms with Gasteiger partial charge in [0.15, 0.2) is 5.78 Å². The summed E-state index contributed by atoms with van der Waals surface area (Å²) in [5.74, 6) is 0.675. The molecule has 0 N–H and O–H groups in total. The summed E-state index contributed by atoms with van der Waals surface area (Å²) >= 11 is 0. The highest BCUT2D eigenvalue weighted by Gasteiger charge is 2.30. The number of halogens is 3. The van der Waals surface area contributed by atoms with Crippen molar-refractivity contribution >= 4 is 12.0 Å². The number of hydrogen-bond acceptors (Lipinski definition) is 5. The molecule has 3 rings (SSSR count). The number of oxime groups is 1. The molecule has 28 heavy (non-hydrogen) atoms. The van der Waals surface area contributed by atoms with E-state index in [-0.39, 0.29) is 24.9 Å². The predicted molar refractivity (Wildman–Crippen MR) is 95.9 cm³/mol. The van der Waals surface area contributed by atoms with Gasteiger partial charge in [-0.15, -0.1) is 0 Å². The largest absolute Gasteiger partial charge is 0.470 e. The predicted octanol–water partition coefficient (Wildman–Crippen LogP) is 4.20. The fourth-order valence-corrected chi connectivity index (χ4v) is 2.38. The van der Waals surface area contributed by atoms with Crippen LogP contribution in [0.2, 0.25) is 0 Å². The van der Waals surface area contributed by atoms with E-state index in [1.54, 1.807) is 12.3 Å². The highest BCUT2D eigenvalue weighted by atomic mass is 19.4. The summed E-state index contributed by atoms with van der Waals surface area (Å²) < 4.78 is 42.8. The van der Waals surface area contributed by atoms with Crippen LogP contribution < -0.4 is 4.74 Å². The van der Waals surface area contributed by atoms with E-state index in [1.807, 2.05) is 6.07 Å². The van der Waals surface area contributed by atoms with E-state index in [1.165, 1.54) is 18.3 Å². The molecule has 1 aromatic heterocycles. The fraction of sp³-hybridized carbons (Fsp3) is 0.350. The zero-order valence-corrected chi connectivity index (χ0v) is 15.0. The second-order valence-electron chi connectivity index (χ2n) is 6.49. The molecule has 1 fully saturated rings. The number of benzene rings is 1. The Balaban J connectivity index is 1.37. The molecule has 1 heterocycles. The highest BCUT2D eigenvalue weighted by Crippen LogP contribution is 2.30. The Morgan fingerprint density at radius 1 is 1.14 bits per heavy atom. The minimum absolute atomic E-state index is 0.0518. The van der Waals surface area contributed by atoms with E-state index in [9.17, 15) is 18.0 Å². The first kappa shape index (κ1) is 19.9. The Hall–Kier alpha value is -2.90. The van der Waals surface area contributed by atoms with E-state index in [2.05, 4.69) is 10.1 Å². The quantitative estimate of drug-likeness (QED) is 0.474. The molecule has 0 bridgehead atoms. The van der Waals surface area contributed by atoms with Crippen molar-refractivity contribution in [2.24, 2.45) is 11.1 Å². The number of pyridine rings is 1. The van der Waals surface area contributed by atoms with Gasteiger partial charge in [-0.2, -0.15) is 13.2 Å². The average Bonchev–Trinajstić information content (AvgIpc) is 3.52. The lowest BCUT2D eigenvalue weighted by Crippen LogP contribution is -2.13. The monoisotopic (exact) mass is 392 g/mol. The lowest BCUT2D eigenvalue weighted by Gasteiger charge is -2.07. The van der Waals surface area contributed by atoms with Gasteiger partial charge in [-0.05, 0) is 36.1 Å². The van der Waals surface area contributed by atoms with Gasteiger partial charge in [0, 0.05) is 30.8 Å². The van der Waals surface area contributed by atoms with E-state index >= 15 is 0 Å². The minimum Gasteiger partial charge on any atom is -0.470 e. The van der Waals surface area contributed by atoms with Crippen molar-refractivity contribution in [3.63, 3.8) is 0 Å². The zero-order chi connectivity index (χ0) is 20.0. The molecule has 2 aromatic rings. The summed E-state index contributed by atoms with van der Waals surface area (Å²) in [6, 6.07) is 8.23. The second-order valence-corrected chi connectivity index (χ2v) is 6.49. The van der Waals surface area contributed by atoms with Crippen LogP contribution in [0, 0.1) is 5.92 Å². The number of carbonyl (C=O) groups excluding carboxylic acids is 1. The summed E-state index contributed by atoms with van der Waals surface area (Å²) in [6.07, 6.45) is 1.20. The number of Topliss-reactive ketones (excluding diaryl/α,β-unsaturated/α-hetero) is 1. The zero-order valence-electron chi connectivity index (χ0n) is 15.0. The number of aromatic nitrogens is 1. The van der Waals surface area contributed by atoms with Crippen molar-refractivity contribution in [3.05, 3.63) is 59.3 Å². The normalized spacial score (nSPS) is 14.2. The molecule has 0 saturated heterocycles. The first-order valence-corrected chi connectivity index (χ1v) is 8.82. The second kappa shape index (κ2) is 8.86.